The molecule has 8 heterocycles. The molecule has 0 bridgehead atoms. The Kier molecular flexibility index (Phi) is 27.4. The van der Waals surface area contributed by atoms with Crippen LogP contribution in [0, 0.1) is 0 Å². The van der Waals surface area contributed by atoms with Crippen molar-refractivity contribution in [3.05, 3.63) is 126 Å². The summed E-state index contributed by atoms with van der Waals surface area (Å²) in [5, 5.41) is 32.6. The molecule has 0 aliphatic heterocycles. The number of aryl methyl sites for hydroxylation is 8. The average Bonchev–Trinajstić information content (AvgIpc) is 1.68. The maximum absolute atomic E-state index is 14.1. The molecule has 0 aromatic carbocycles. The normalized spacial score (nSPS) is 11.4. The summed E-state index contributed by atoms with van der Waals surface area (Å²) in [5.74, 6) is -6.90. The van der Waals surface area contributed by atoms with Gasteiger partial charge in [0.2, 0.25) is 41.1 Å². The van der Waals surface area contributed by atoms with Crippen molar-refractivity contribution in [2.24, 2.45) is 56.4 Å². The number of aromatic nitrogens is 11. The van der Waals surface area contributed by atoms with Crippen molar-refractivity contribution < 1.29 is 67.0 Å². The highest BCUT2D eigenvalue weighted by molar-refractivity contribution is 6.10. The maximum Gasteiger partial charge on any atom is 0.292 e. The van der Waals surface area contributed by atoms with Gasteiger partial charge >= 0.3 is 0 Å². The Morgan fingerprint density at radius 3 is 1.20 bits per heavy atom. The van der Waals surface area contributed by atoms with E-state index in [9.17, 15) is 57.5 Å². The largest absolute Gasteiger partial charge is 0.379 e. The average molecular weight is 1470 g/mol. The molecule has 0 saturated heterocycles. The van der Waals surface area contributed by atoms with Crippen molar-refractivity contribution in [1.29, 1.82) is 0 Å². The summed E-state index contributed by atoms with van der Waals surface area (Å²) < 4.78 is 22.4. The van der Waals surface area contributed by atoms with E-state index < -0.39 is 59.2 Å². The van der Waals surface area contributed by atoms with Crippen molar-refractivity contribution in [2.45, 2.75) is 58.4 Å². The van der Waals surface area contributed by atoms with Gasteiger partial charge in [0.1, 0.15) is 34.5 Å². The Morgan fingerprint density at radius 2 is 0.764 bits per heavy atom. The minimum atomic E-state index is -1.28. The van der Waals surface area contributed by atoms with Crippen molar-refractivity contribution in [3.63, 3.8) is 0 Å². The fourth-order valence-corrected chi connectivity index (χ4v) is 11.0. The standard InChI is InChI=1S/C68H90N24O14/c1-13-105-25-26-106-24-22-69-55(94)17-14-15-18-56(95)77-46(19-21-71-62(98)48-29-44(35-86(48)6)75-67(103)58-80-54(39-91(58)11)83-68(104)59-79-53(38-92(59)12)82-65(101)51-27-41(32-87(51)7)72-40(2)93)60(96)81-52-37-90(10)57(78-52)66(102)76-45-31-50(89(9)36-45)64(100)74-43-30-49(88(8)34-43)63(99)73-42-28-47(85(5)33-42)61(97)70-20-16-23-84(3)4/h27-39,46H,13-26H2,1-12H3,(H,69,94)(H,70,97)(H,71,98)(H,72,93)(H,73,99)(H,74,100)(H,75,103)(H,76,102)(H,77,95)(H,81,96)(H,82,101)(H,83,104)/t46-/m1/s1. The molecule has 0 aliphatic rings. The van der Waals surface area contributed by atoms with E-state index in [1.165, 1.54) is 108 Å². The van der Waals surface area contributed by atoms with E-state index in [2.05, 4.69) is 78.8 Å². The zero-order valence-electron chi connectivity index (χ0n) is 61.1. The van der Waals surface area contributed by atoms with E-state index in [1.54, 1.807) is 71.5 Å². The van der Waals surface area contributed by atoms with Gasteiger partial charge in [-0.3, -0.25) is 57.5 Å². The molecular weight excluding hydrogens is 1380 g/mol. The molecule has 8 aromatic rings. The highest BCUT2D eigenvalue weighted by Gasteiger charge is 2.27. The highest BCUT2D eigenvalue weighted by atomic mass is 16.5. The zero-order valence-corrected chi connectivity index (χ0v) is 61.1. The summed E-state index contributed by atoms with van der Waals surface area (Å²) in [5.41, 5.74) is 2.50. The number of imidazole rings is 3. The van der Waals surface area contributed by atoms with E-state index in [0.717, 1.165) is 13.0 Å². The number of rotatable bonds is 37. The summed E-state index contributed by atoms with van der Waals surface area (Å²) in [6.07, 6.45) is 13.2. The predicted molar refractivity (Wildman–Crippen MR) is 391 cm³/mol. The van der Waals surface area contributed by atoms with Crippen LogP contribution in [0.15, 0.2) is 79.9 Å². The third-order valence-electron chi connectivity index (χ3n) is 16.2. The first-order chi connectivity index (χ1) is 50.4. The monoisotopic (exact) mass is 1470 g/mol. The van der Waals surface area contributed by atoms with Gasteiger partial charge < -0.3 is 115 Å². The Bertz CT molecular complexity index is 4570. The predicted octanol–water partition coefficient (Wildman–Crippen LogP) is 2.71. The van der Waals surface area contributed by atoms with Gasteiger partial charge in [-0.05, 0) is 83.6 Å². The SMILES string of the molecule is CCOCCOCCNC(=O)CCCCC(=O)N[C@H](CCNC(=O)c1cc(NC(=O)c2nc(NC(=O)c3nc(NC(=O)c4cc(NC(C)=O)cn4C)cn3C)cn2C)cn1C)C(=O)Nc1cn(C)c(C(=O)Nc2cc(C(=O)Nc3cc(C(=O)Nc4cc(C(=O)NCCCN(C)C)n(C)c4)n(C)c3)n(C)c2)n1. The summed E-state index contributed by atoms with van der Waals surface area (Å²) in [6, 6.07) is 6.09. The topological polar surface area (TPSA) is 449 Å². The molecule has 12 N–H and O–H groups in total. The Balaban J connectivity index is 0.852. The van der Waals surface area contributed by atoms with Crippen molar-refractivity contribution in [3.8, 4) is 0 Å². The summed E-state index contributed by atoms with van der Waals surface area (Å²) >= 11 is 0. The van der Waals surface area contributed by atoms with Crippen LogP contribution in [-0.2, 0) is 85.0 Å². The Labute approximate surface area is 609 Å². The number of nitrogens with zero attached hydrogens (tertiary/aromatic N) is 12. The van der Waals surface area contributed by atoms with Crippen molar-refractivity contribution >= 4 is 117 Å². The molecular formula is C68H90N24O14. The van der Waals surface area contributed by atoms with E-state index >= 15 is 0 Å². The van der Waals surface area contributed by atoms with E-state index in [1.807, 2.05) is 25.9 Å². The van der Waals surface area contributed by atoms with Crippen molar-refractivity contribution in [1.82, 2.24) is 77.7 Å². The second-order valence-electron chi connectivity index (χ2n) is 25.1. The fourth-order valence-electron chi connectivity index (χ4n) is 11.0. The minimum Gasteiger partial charge on any atom is -0.379 e. The van der Waals surface area contributed by atoms with Crippen LogP contribution < -0.4 is 63.8 Å². The number of carbonyl (C=O) groups excluding carboxylic acids is 12. The lowest BCUT2D eigenvalue weighted by Gasteiger charge is -2.18. The van der Waals surface area contributed by atoms with E-state index in [-0.39, 0.29) is 119 Å². The lowest BCUT2D eigenvalue weighted by molar-refractivity contribution is -0.126. The molecule has 1 atom stereocenters. The lowest BCUT2D eigenvalue weighted by atomic mass is 10.1. The number of carbonyl (C=O) groups is 12. The molecule has 106 heavy (non-hydrogen) atoms. The number of nitrogens with one attached hydrogen (secondary N) is 12. The van der Waals surface area contributed by atoms with Gasteiger partial charge in [0.25, 0.3) is 47.3 Å². The maximum atomic E-state index is 14.1. The third kappa shape index (κ3) is 22.0. The van der Waals surface area contributed by atoms with Crippen LogP contribution in [-0.4, -0.2) is 200 Å². The van der Waals surface area contributed by atoms with Crippen LogP contribution in [0.25, 0.3) is 0 Å². The van der Waals surface area contributed by atoms with Crippen LogP contribution in [0.3, 0.4) is 0 Å². The van der Waals surface area contributed by atoms with E-state index in [4.69, 9.17) is 9.47 Å². The minimum absolute atomic E-state index is 0.0109. The van der Waals surface area contributed by atoms with Gasteiger partial charge in [-0.25, -0.2) is 15.0 Å². The molecule has 0 radical (unpaired) electrons. The molecule has 0 unspecified atom stereocenters. The smallest absolute Gasteiger partial charge is 0.292 e. The number of amides is 12. The number of ether oxygens (including phenoxy) is 2. The second kappa shape index (κ2) is 36.6. The molecule has 0 spiro atoms. The molecule has 38 heteroatoms. The van der Waals surface area contributed by atoms with Crippen LogP contribution in [0.5, 0.6) is 0 Å². The molecule has 0 aliphatic carbocycles. The van der Waals surface area contributed by atoms with Gasteiger partial charge in [0.05, 0.1) is 48.3 Å². The first-order valence-electron chi connectivity index (χ1n) is 33.7. The molecule has 12 amide bonds. The Morgan fingerprint density at radius 1 is 0.396 bits per heavy atom. The number of unbranched alkanes of at least 4 members (excludes halogenated alkanes) is 1. The van der Waals surface area contributed by atoms with Gasteiger partial charge in [-0.1, -0.05) is 0 Å². The van der Waals surface area contributed by atoms with Gasteiger partial charge in [-0.15, -0.1) is 0 Å². The zero-order chi connectivity index (χ0) is 77.1. The molecule has 38 nitrogen and oxygen atoms in total. The number of anilines is 8. The summed E-state index contributed by atoms with van der Waals surface area (Å²) in [4.78, 5) is 174. The Hall–Kier alpha value is -12.5. The molecule has 8 rings (SSSR count). The third-order valence-corrected chi connectivity index (χ3v) is 16.2. The van der Waals surface area contributed by atoms with Gasteiger partial charge in [-0.2, -0.15) is 0 Å². The van der Waals surface area contributed by atoms with Gasteiger partial charge in [0.15, 0.2) is 17.5 Å². The number of hydrogen-bond donors (Lipinski definition) is 12. The molecule has 8 aromatic heterocycles. The quantitative estimate of drug-likeness (QED) is 0.0249. The first kappa shape index (κ1) is 79.3. The highest BCUT2D eigenvalue weighted by Crippen LogP contribution is 2.23. The van der Waals surface area contributed by atoms with Crippen molar-refractivity contribution in [2.75, 3.05) is 109 Å². The first-order valence-corrected chi connectivity index (χ1v) is 33.7. The fraction of sp³-hybridized carbons (Fsp3) is 0.397. The molecule has 0 fully saturated rings. The molecule has 566 valence electrons. The van der Waals surface area contributed by atoms with Crippen LogP contribution in [0.4, 0.5) is 45.9 Å². The van der Waals surface area contributed by atoms with E-state index in [0.29, 0.717) is 68.7 Å². The van der Waals surface area contributed by atoms with Crippen LogP contribution in [0.1, 0.15) is 137 Å². The van der Waals surface area contributed by atoms with Crippen LogP contribution in [0.2, 0.25) is 0 Å². The van der Waals surface area contributed by atoms with Gasteiger partial charge in [0, 0.05) is 152 Å². The summed E-state index contributed by atoms with van der Waals surface area (Å²) in [6.45, 7) is 6.34. The lowest BCUT2D eigenvalue weighted by Crippen LogP contribution is -2.45. The second-order valence-corrected chi connectivity index (χ2v) is 25.1. The summed E-state index contributed by atoms with van der Waals surface area (Å²) in [7, 11) is 16.6. The molecule has 0 saturated carbocycles. The van der Waals surface area contributed by atoms with Crippen LogP contribution >= 0.6 is 0 Å². The number of hydrogen-bond acceptors (Lipinski definition) is 18.